The molecular weight excluding hydrogens is 274 g/mol. The number of rotatable bonds is 5. The fraction of sp³-hybridized carbons (Fsp3) is 0.471. The summed E-state index contributed by atoms with van der Waals surface area (Å²) in [5.74, 6) is 2.13. The zero-order chi connectivity index (χ0) is 15.5. The molecule has 0 saturated carbocycles. The minimum atomic E-state index is 0.387. The van der Waals surface area contributed by atoms with Crippen molar-refractivity contribution in [3.05, 3.63) is 36.0 Å². The van der Waals surface area contributed by atoms with Gasteiger partial charge in [0, 0.05) is 18.3 Å². The molecule has 0 bridgehead atoms. The van der Waals surface area contributed by atoms with Crippen molar-refractivity contribution >= 4 is 17.5 Å². The summed E-state index contributed by atoms with van der Waals surface area (Å²) in [6, 6.07) is 8.87. The third-order valence-electron chi connectivity index (χ3n) is 4.00. The summed E-state index contributed by atoms with van der Waals surface area (Å²) in [5.41, 5.74) is 2.59. The van der Waals surface area contributed by atoms with Crippen molar-refractivity contribution in [3.8, 4) is 0 Å². The van der Waals surface area contributed by atoms with Crippen LogP contribution in [0.3, 0.4) is 0 Å². The highest BCUT2D eigenvalue weighted by atomic mass is 15.3. The number of benzene rings is 1. The van der Waals surface area contributed by atoms with Crippen molar-refractivity contribution < 1.29 is 0 Å². The number of hydrogen-bond acceptors (Lipinski definition) is 5. The van der Waals surface area contributed by atoms with Crippen LogP contribution in [0.5, 0.6) is 0 Å². The third kappa shape index (κ3) is 3.03. The molecule has 5 nitrogen and oxygen atoms in total. The van der Waals surface area contributed by atoms with Gasteiger partial charge in [-0.1, -0.05) is 32.0 Å². The summed E-state index contributed by atoms with van der Waals surface area (Å²) in [6.07, 6.45) is 3.87. The lowest BCUT2D eigenvalue weighted by molar-refractivity contribution is 0.605. The van der Waals surface area contributed by atoms with Crippen molar-refractivity contribution in [2.24, 2.45) is 5.92 Å². The van der Waals surface area contributed by atoms with Crippen molar-refractivity contribution in [1.82, 2.24) is 15.2 Å². The Balaban J connectivity index is 1.80. The van der Waals surface area contributed by atoms with E-state index in [4.69, 9.17) is 0 Å². The Labute approximate surface area is 131 Å². The Morgan fingerprint density at radius 2 is 2.14 bits per heavy atom. The van der Waals surface area contributed by atoms with E-state index in [9.17, 15) is 0 Å². The lowest BCUT2D eigenvalue weighted by Crippen LogP contribution is -2.25. The molecule has 0 fully saturated rings. The van der Waals surface area contributed by atoms with Gasteiger partial charge in [0.2, 0.25) is 5.95 Å². The standard InChI is InChI=1S/C17H23N5/c1-12(2)8-9-18-17-20-16(11-19-21-17)22-13(3)10-14-6-4-5-7-15(14)22/h4-7,11-13H,8-10H2,1-3H3,(H,18,20,21). The highest BCUT2D eigenvalue weighted by molar-refractivity contribution is 5.68. The van der Waals surface area contributed by atoms with Crippen molar-refractivity contribution in [2.45, 2.75) is 39.7 Å². The number of aromatic nitrogens is 3. The minimum absolute atomic E-state index is 0.387. The molecule has 0 aliphatic carbocycles. The molecule has 1 atom stereocenters. The second-order valence-corrected chi connectivity index (χ2v) is 6.30. The maximum Gasteiger partial charge on any atom is 0.244 e. The number of nitrogens with zero attached hydrogens (tertiary/aromatic N) is 4. The molecular formula is C17H23N5. The molecule has 2 aromatic rings. The fourth-order valence-electron chi connectivity index (χ4n) is 2.87. The van der Waals surface area contributed by atoms with Gasteiger partial charge in [0.25, 0.3) is 0 Å². The van der Waals surface area contributed by atoms with Crippen molar-refractivity contribution in [3.63, 3.8) is 0 Å². The van der Waals surface area contributed by atoms with E-state index in [0.717, 1.165) is 25.2 Å². The number of anilines is 3. The summed E-state index contributed by atoms with van der Waals surface area (Å²) in [5, 5.41) is 11.5. The first-order chi connectivity index (χ1) is 10.6. The van der Waals surface area contributed by atoms with E-state index >= 15 is 0 Å². The van der Waals surface area contributed by atoms with Gasteiger partial charge in [0.1, 0.15) is 0 Å². The van der Waals surface area contributed by atoms with Crippen LogP contribution in [0.2, 0.25) is 0 Å². The highest BCUT2D eigenvalue weighted by Gasteiger charge is 2.28. The average Bonchev–Trinajstić information content (AvgIpc) is 2.83. The van der Waals surface area contributed by atoms with E-state index < -0.39 is 0 Å². The average molecular weight is 297 g/mol. The van der Waals surface area contributed by atoms with Gasteiger partial charge in [0.15, 0.2) is 5.82 Å². The minimum Gasteiger partial charge on any atom is -0.353 e. The second kappa shape index (κ2) is 6.30. The lowest BCUT2D eigenvalue weighted by atomic mass is 10.1. The lowest BCUT2D eigenvalue weighted by Gasteiger charge is -2.23. The van der Waals surface area contributed by atoms with E-state index in [1.54, 1.807) is 6.20 Å². The zero-order valence-corrected chi connectivity index (χ0v) is 13.5. The van der Waals surface area contributed by atoms with Gasteiger partial charge in [-0.15, -0.1) is 5.10 Å². The third-order valence-corrected chi connectivity index (χ3v) is 4.00. The Kier molecular flexibility index (Phi) is 4.22. The molecule has 22 heavy (non-hydrogen) atoms. The molecule has 116 valence electrons. The first kappa shape index (κ1) is 14.8. The van der Waals surface area contributed by atoms with Crippen LogP contribution in [0, 0.1) is 5.92 Å². The monoisotopic (exact) mass is 297 g/mol. The largest absolute Gasteiger partial charge is 0.353 e. The molecule has 2 heterocycles. The molecule has 1 N–H and O–H groups in total. The summed E-state index contributed by atoms with van der Waals surface area (Å²) >= 11 is 0. The van der Waals surface area contributed by atoms with Crippen LogP contribution in [0.4, 0.5) is 17.5 Å². The molecule has 5 heteroatoms. The van der Waals surface area contributed by atoms with Gasteiger partial charge in [0.05, 0.1) is 6.20 Å². The molecule has 1 unspecified atom stereocenters. The fourth-order valence-corrected chi connectivity index (χ4v) is 2.87. The van der Waals surface area contributed by atoms with E-state index in [1.165, 1.54) is 11.3 Å². The van der Waals surface area contributed by atoms with E-state index in [2.05, 4.69) is 70.4 Å². The van der Waals surface area contributed by atoms with Gasteiger partial charge in [-0.05, 0) is 37.3 Å². The summed E-state index contributed by atoms with van der Waals surface area (Å²) < 4.78 is 0. The summed E-state index contributed by atoms with van der Waals surface area (Å²) in [4.78, 5) is 6.89. The first-order valence-electron chi connectivity index (χ1n) is 7.96. The SMILES string of the molecule is CC(C)CCNc1nncc(N2c3ccccc3CC2C)n1. The van der Waals surface area contributed by atoms with Crippen LogP contribution in [-0.4, -0.2) is 27.8 Å². The van der Waals surface area contributed by atoms with Gasteiger partial charge in [-0.2, -0.15) is 10.1 Å². The Hall–Kier alpha value is -2.17. The number of nitrogens with one attached hydrogen (secondary N) is 1. The maximum atomic E-state index is 4.64. The number of hydrogen-bond donors (Lipinski definition) is 1. The Morgan fingerprint density at radius 1 is 1.32 bits per heavy atom. The van der Waals surface area contributed by atoms with Crippen molar-refractivity contribution in [1.29, 1.82) is 0 Å². The molecule has 0 spiro atoms. The second-order valence-electron chi connectivity index (χ2n) is 6.30. The number of fused-ring (bicyclic) bond motifs is 1. The van der Waals surface area contributed by atoms with E-state index in [0.29, 0.717) is 17.9 Å². The molecule has 1 aromatic carbocycles. The highest BCUT2D eigenvalue weighted by Crippen LogP contribution is 2.36. The zero-order valence-electron chi connectivity index (χ0n) is 13.5. The topological polar surface area (TPSA) is 53.9 Å². The predicted octanol–water partition coefficient (Wildman–Crippen LogP) is 3.41. The van der Waals surface area contributed by atoms with Crippen LogP contribution in [0.1, 0.15) is 32.8 Å². The molecule has 1 aromatic heterocycles. The van der Waals surface area contributed by atoms with Gasteiger partial charge >= 0.3 is 0 Å². The predicted molar refractivity (Wildman–Crippen MR) is 89.5 cm³/mol. The number of para-hydroxylation sites is 1. The van der Waals surface area contributed by atoms with Gasteiger partial charge in [-0.3, -0.25) is 0 Å². The normalized spacial score (nSPS) is 16.9. The smallest absolute Gasteiger partial charge is 0.244 e. The quantitative estimate of drug-likeness (QED) is 0.916. The van der Waals surface area contributed by atoms with Crippen LogP contribution in [0.15, 0.2) is 30.5 Å². The summed E-state index contributed by atoms with van der Waals surface area (Å²) in [6.45, 7) is 7.50. The van der Waals surface area contributed by atoms with Crippen LogP contribution >= 0.6 is 0 Å². The van der Waals surface area contributed by atoms with E-state index in [1.807, 2.05) is 0 Å². The van der Waals surface area contributed by atoms with Gasteiger partial charge < -0.3 is 10.2 Å². The summed E-state index contributed by atoms with van der Waals surface area (Å²) in [7, 11) is 0. The molecule has 0 amide bonds. The first-order valence-corrected chi connectivity index (χ1v) is 7.96. The molecule has 0 radical (unpaired) electrons. The van der Waals surface area contributed by atoms with Crippen molar-refractivity contribution in [2.75, 3.05) is 16.8 Å². The van der Waals surface area contributed by atoms with Crippen LogP contribution < -0.4 is 10.2 Å². The van der Waals surface area contributed by atoms with Gasteiger partial charge in [-0.25, -0.2) is 0 Å². The Morgan fingerprint density at radius 3 is 2.95 bits per heavy atom. The van der Waals surface area contributed by atoms with Crippen LogP contribution in [0.25, 0.3) is 0 Å². The van der Waals surface area contributed by atoms with Crippen LogP contribution in [-0.2, 0) is 6.42 Å². The van der Waals surface area contributed by atoms with E-state index in [-0.39, 0.29) is 0 Å². The molecule has 3 rings (SSSR count). The Bertz CT molecular complexity index is 640. The molecule has 1 aliphatic heterocycles. The molecule has 0 saturated heterocycles. The maximum absolute atomic E-state index is 4.64. The molecule has 1 aliphatic rings.